The van der Waals surface area contributed by atoms with Crippen molar-refractivity contribution in [1.82, 2.24) is 0 Å². The summed E-state index contributed by atoms with van der Waals surface area (Å²) in [4.78, 5) is 0. The van der Waals surface area contributed by atoms with E-state index in [1.165, 1.54) is 0 Å². The molecule has 0 bridgehead atoms. The van der Waals surface area contributed by atoms with Crippen LogP contribution < -0.4 is 0 Å². The standard InChI is InChI=1S/C24H18O2/c1-3-23(25,19-12-7-5-8-13-19)21-16-11-17-22(18-21)24(26,4-2)20-14-9-6-10-15-20/h1-2,5-18,25-26H. The fourth-order valence-electron chi connectivity index (χ4n) is 2.99. The molecule has 126 valence electrons. The number of aliphatic hydroxyl groups is 2. The Morgan fingerprint density at radius 1 is 0.538 bits per heavy atom. The SMILES string of the molecule is C#CC(O)(c1ccccc1)c1cccc(C(O)(C#C)c2ccccc2)c1. The van der Waals surface area contributed by atoms with Crippen molar-refractivity contribution in [2.45, 2.75) is 11.2 Å². The van der Waals surface area contributed by atoms with Crippen molar-refractivity contribution < 1.29 is 10.2 Å². The van der Waals surface area contributed by atoms with E-state index in [2.05, 4.69) is 11.8 Å². The van der Waals surface area contributed by atoms with Crippen LogP contribution in [0.4, 0.5) is 0 Å². The van der Waals surface area contributed by atoms with Crippen molar-refractivity contribution in [2.75, 3.05) is 0 Å². The van der Waals surface area contributed by atoms with Crippen LogP contribution in [0.25, 0.3) is 0 Å². The molecule has 0 aliphatic heterocycles. The van der Waals surface area contributed by atoms with Gasteiger partial charge >= 0.3 is 0 Å². The van der Waals surface area contributed by atoms with Crippen LogP contribution in [0.2, 0.25) is 0 Å². The Bertz CT molecular complexity index is 901. The smallest absolute Gasteiger partial charge is 0.176 e. The largest absolute Gasteiger partial charge is 0.369 e. The summed E-state index contributed by atoms with van der Waals surface area (Å²) in [6.07, 6.45) is 11.3. The lowest BCUT2D eigenvalue weighted by Crippen LogP contribution is -2.28. The van der Waals surface area contributed by atoms with Gasteiger partial charge in [0.2, 0.25) is 0 Å². The number of hydrogen-bond acceptors (Lipinski definition) is 2. The maximum atomic E-state index is 11.1. The van der Waals surface area contributed by atoms with Gasteiger partial charge in [-0.1, -0.05) is 90.7 Å². The summed E-state index contributed by atoms with van der Waals surface area (Å²) in [6, 6.07) is 24.8. The highest BCUT2D eigenvalue weighted by Gasteiger charge is 2.33. The van der Waals surface area contributed by atoms with E-state index >= 15 is 0 Å². The molecule has 2 N–H and O–H groups in total. The van der Waals surface area contributed by atoms with Gasteiger partial charge in [0.1, 0.15) is 0 Å². The molecule has 3 aromatic rings. The number of hydrogen-bond donors (Lipinski definition) is 2. The van der Waals surface area contributed by atoms with Gasteiger partial charge in [-0.2, -0.15) is 0 Å². The van der Waals surface area contributed by atoms with Crippen molar-refractivity contribution >= 4 is 0 Å². The van der Waals surface area contributed by atoms with Gasteiger partial charge in [0.15, 0.2) is 11.2 Å². The average molecular weight is 338 g/mol. The molecule has 0 spiro atoms. The van der Waals surface area contributed by atoms with Gasteiger partial charge in [-0.25, -0.2) is 0 Å². The predicted octanol–water partition coefficient (Wildman–Crippen LogP) is 3.42. The number of terminal acetylenes is 2. The van der Waals surface area contributed by atoms with E-state index < -0.39 is 11.2 Å². The predicted molar refractivity (Wildman–Crippen MR) is 103 cm³/mol. The normalized spacial score (nSPS) is 15.1. The first-order valence-electron chi connectivity index (χ1n) is 8.17. The van der Waals surface area contributed by atoms with E-state index in [1.807, 2.05) is 36.4 Å². The third kappa shape index (κ3) is 2.89. The Morgan fingerprint density at radius 3 is 1.23 bits per heavy atom. The van der Waals surface area contributed by atoms with Crippen LogP contribution in [0, 0.1) is 24.7 Å². The Labute approximate surface area is 153 Å². The molecule has 0 amide bonds. The second-order valence-corrected chi connectivity index (χ2v) is 6.02. The molecular formula is C24H18O2. The van der Waals surface area contributed by atoms with Crippen LogP contribution in [0.5, 0.6) is 0 Å². The van der Waals surface area contributed by atoms with Crippen LogP contribution in [0.15, 0.2) is 84.9 Å². The van der Waals surface area contributed by atoms with E-state index in [4.69, 9.17) is 12.8 Å². The zero-order valence-corrected chi connectivity index (χ0v) is 14.1. The summed E-state index contributed by atoms with van der Waals surface area (Å²) in [5, 5.41) is 22.3. The summed E-state index contributed by atoms with van der Waals surface area (Å²) >= 11 is 0. The Balaban J connectivity index is 2.15. The highest BCUT2D eigenvalue weighted by Crippen LogP contribution is 2.34. The van der Waals surface area contributed by atoms with Crippen LogP contribution in [-0.2, 0) is 11.2 Å². The van der Waals surface area contributed by atoms with Gasteiger partial charge < -0.3 is 10.2 Å². The first kappa shape index (κ1) is 17.5. The van der Waals surface area contributed by atoms with E-state index in [0.717, 1.165) is 0 Å². The lowest BCUT2D eigenvalue weighted by atomic mass is 9.82. The minimum absolute atomic E-state index is 0.466. The molecule has 3 rings (SSSR count). The third-order valence-corrected chi connectivity index (χ3v) is 4.50. The van der Waals surface area contributed by atoms with Crippen LogP contribution >= 0.6 is 0 Å². The minimum atomic E-state index is -1.62. The van der Waals surface area contributed by atoms with Gasteiger partial charge in [0.25, 0.3) is 0 Å². The molecule has 2 heteroatoms. The highest BCUT2D eigenvalue weighted by atomic mass is 16.3. The maximum Gasteiger partial charge on any atom is 0.176 e. The molecule has 0 aliphatic carbocycles. The zero-order chi connectivity index (χ0) is 18.6. The molecule has 2 unspecified atom stereocenters. The van der Waals surface area contributed by atoms with Crippen molar-refractivity contribution in [3.63, 3.8) is 0 Å². The van der Waals surface area contributed by atoms with Gasteiger partial charge in [0, 0.05) is 22.3 Å². The van der Waals surface area contributed by atoms with E-state index in [-0.39, 0.29) is 0 Å². The third-order valence-electron chi connectivity index (χ3n) is 4.50. The molecule has 3 aromatic carbocycles. The molecule has 2 nitrogen and oxygen atoms in total. The lowest BCUT2D eigenvalue weighted by molar-refractivity contribution is 0.138. The zero-order valence-electron chi connectivity index (χ0n) is 14.1. The van der Waals surface area contributed by atoms with Gasteiger partial charge in [-0.15, -0.1) is 12.8 Å². The molecule has 0 saturated carbocycles. The molecule has 0 fully saturated rings. The maximum absolute atomic E-state index is 11.1. The van der Waals surface area contributed by atoms with Gasteiger partial charge in [0.05, 0.1) is 0 Å². The van der Waals surface area contributed by atoms with Crippen molar-refractivity contribution in [3.8, 4) is 24.7 Å². The fourth-order valence-corrected chi connectivity index (χ4v) is 2.99. The van der Waals surface area contributed by atoms with Crippen LogP contribution in [-0.4, -0.2) is 10.2 Å². The first-order chi connectivity index (χ1) is 12.5. The quantitative estimate of drug-likeness (QED) is 0.716. The lowest BCUT2D eigenvalue weighted by Gasteiger charge is -2.27. The molecule has 0 radical (unpaired) electrons. The second-order valence-electron chi connectivity index (χ2n) is 6.02. The average Bonchev–Trinajstić information content (AvgIpc) is 2.74. The first-order valence-corrected chi connectivity index (χ1v) is 8.17. The van der Waals surface area contributed by atoms with Crippen LogP contribution in [0.1, 0.15) is 22.3 Å². The summed E-state index contributed by atoms with van der Waals surface area (Å²) < 4.78 is 0. The molecule has 0 heterocycles. The molecular weight excluding hydrogens is 320 g/mol. The van der Waals surface area contributed by atoms with Gasteiger partial charge in [-0.05, 0) is 6.07 Å². The molecule has 0 aromatic heterocycles. The van der Waals surface area contributed by atoms with Gasteiger partial charge in [-0.3, -0.25) is 0 Å². The van der Waals surface area contributed by atoms with Crippen molar-refractivity contribution in [2.24, 2.45) is 0 Å². The Kier molecular flexibility index (Phi) is 4.65. The molecule has 0 saturated heterocycles. The summed E-state index contributed by atoms with van der Waals surface area (Å²) in [6.45, 7) is 0. The molecule has 0 aliphatic rings. The second kappa shape index (κ2) is 6.90. The Morgan fingerprint density at radius 2 is 0.885 bits per heavy atom. The fraction of sp³-hybridized carbons (Fsp3) is 0.0833. The van der Waals surface area contributed by atoms with Crippen molar-refractivity contribution in [1.29, 1.82) is 0 Å². The van der Waals surface area contributed by atoms with Crippen molar-refractivity contribution in [3.05, 3.63) is 107 Å². The van der Waals surface area contributed by atoms with E-state index in [0.29, 0.717) is 22.3 Å². The summed E-state index contributed by atoms with van der Waals surface area (Å²) in [5.41, 5.74) is -1.17. The number of rotatable bonds is 4. The summed E-state index contributed by atoms with van der Waals surface area (Å²) in [7, 11) is 0. The van der Waals surface area contributed by atoms with E-state index in [1.54, 1.807) is 48.5 Å². The summed E-state index contributed by atoms with van der Waals surface area (Å²) in [5.74, 6) is 4.94. The molecule has 2 atom stereocenters. The minimum Gasteiger partial charge on any atom is -0.369 e. The topological polar surface area (TPSA) is 40.5 Å². The monoisotopic (exact) mass is 338 g/mol. The van der Waals surface area contributed by atoms with E-state index in [9.17, 15) is 10.2 Å². The number of benzene rings is 3. The van der Waals surface area contributed by atoms with Crippen LogP contribution in [0.3, 0.4) is 0 Å². The highest BCUT2D eigenvalue weighted by molar-refractivity contribution is 5.49. The molecule has 26 heavy (non-hydrogen) atoms. The Hall–Kier alpha value is -3.30.